The van der Waals surface area contributed by atoms with E-state index in [0.717, 1.165) is 4.90 Å². The lowest BCUT2D eigenvalue weighted by Gasteiger charge is -2.04. The highest BCUT2D eigenvalue weighted by Crippen LogP contribution is 2.22. The Morgan fingerprint density at radius 3 is 2.79 bits per heavy atom. The van der Waals surface area contributed by atoms with Crippen LogP contribution in [0.5, 0.6) is 0 Å². The molecule has 72 valence electrons. The van der Waals surface area contributed by atoms with Gasteiger partial charge in [-0.25, -0.2) is 4.79 Å². The lowest BCUT2D eigenvalue weighted by Crippen LogP contribution is -2.03. The molecule has 1 rings (SSSR count). The molecule has 14 heavy (non-hydrogen) atoms. The Morgan fingerprint density at radius 1 is 1.57 bits per heavy atom. The lowest BCUT2D eigenvalue weighted by molar-refractivity contribution is 0.0597. The number of hydrogen-bond donors (Lipinski definition) is 0. The molecule has 0 heterocycles. The van der Waals surface area contributed by atoms with Crippen molar-refractivity contribution in [3.8, 4) is 6.07 Å². The molecule has 0 amide bonds. The maximum Gasteiger partial charge on any atom is 0.338 e. The van der Waals surface area contributed by atoms with E-state index in [-0.39, 0.29) is 5.97 Å². The molecule has 0 aliphatic carbocycles. The van der Waals surface area contributed by atoms with Crippen LogP contribution in [0.2, 0.25) is 0 Å². The molecule has 0 saturated carbocycles. The van der Waals surface area contributed by atoms with Gasteiger partial charge in [-0.2, -0.15) is 5.26 Å². The third-order valence-corrected chi connectivity index (χ3v) is 2.51. The number of rotatable bonds is 2. The fourth-order valence-corrected chi connectivity index (χ4v) is 1.66. The van der Waals surface area contributed by atoms with E-state index in [2.05, 4.69) is 4.74 Å². The van der Waals surface area contributed by atoms with Crippen molar-refractivity contribution in [1.82, 2.24) is 0 Å². The maximum atomic E-state index is 11.3. The topological polar surface area (TPSA) is 50.1 Å². The molecule has 0 N–H and O–H groups in total. The van der Waals surface area contributed by atoms with Gasteiger partial charge in [0.15, 0.2) is 0 Å². The van der Waals surface area contributed by atoms with Gasteiger partial charge in [-0.1, -0.05) is 0 Å². The zero-order valence-electron chi connectivity index (χ0n) is 7.90. The Labute approximate surface area is 86.7 Å². The molecule has 0 unspecified atom stereocenters. The summed E-state index contributed by atoms with van der Waals surface area (Å²) in [5, 5.41) is 8.67. The number of esters is 1. The van der Waals surface area contributed by atoms with Gasteiger partial charge in [0.2, 0.25) is 0 Å². The van der Waals surface area contributed by atoms with Crippen molar-refractivity contribution in [2.24, 2.45) is 0 Å². The molecule has 0 saturated heterocycles. The minimum atomic E-state index is -0.376. The van der Waals surface area contributed by atoms with Gasteiger partial charge in [-0.15, -0.1) is 11.8 Å². The van der Waals surface area contributed by atoms with Crippen LogP contribution in [0.4, 0.5) is 0 Å². The molecule has 1 aromatic carbocycles. The van der Waals surface area contributed by atoms with Crippen molar-refractivity contribution in [3.63, 3.8) is 0 Å². The van der Waals surface area contributed by atoms with Crippen molar-refractivity contribution in [2.45, 2.75) is 4.90 Å². The molecule has 0 atom stereocenters. The predicted octanol–water partition coefficient (Wildman–Crippen LogP) is 2.07. The number of carbonyl (C=O) groups excluding carboxylic acids is 1. The van der Waals surface area contributed by atoms with Gasteiger partial charge >= 0.3 is 5.97 Å². The molecule has 1 aromatic rings. The number of methoxy groups -OCH3 is 1. The Kier molecular flexibility index (Phi) is 3.55. The van der Waals surface area contributed by atoms with Crippen LogP contribution in [0, 0.1) is 11.3 Å². The van der Waals surface area contributed by atoms with Gasteiger partial charge in [0.05, 0.1) is 24.3 Å². The highest BCUT2D eigenvalue weighted by Gasteiger charge is 2.11. The number of nitriles is 1. The van der Waals surface area contributed by atoms with Crippen LogP contribution in [-0.4, -0.2) is 19.3 Å². The molecular formula is C10H9NO2S. The van der Waals surface area contributed by atoms with Crippen LogP contribution in [0.25, 0.3) is 0 Å². The highest BCUT2D eigenvalue weighted by atomic mass is 32.2. The molecule has 0 bridgehead atoms. The van der Waals surface area contributed by atoms with Gasteiger partial charge in [-0.3, -0.25) is 0 Å². The van der Waals surface area contributed by atoms with Crippen LogP contribution < -0.4 is 0 Å². The average molecular weight is 207 g/mol. The minimum Gasteiger partial charge on any atom is -0.465 e. The third-order valence-electron chi connectivity index (χ3n) is 1.74. The molecule has 0 aliphatic heterocycles. The summed E-state index contributed by atoms with van der Waals surface area (Å²) in [5.41, 5.74) is 1.04. The van der Waals surface area contributed by atoms with E-state index in [4.69, 9.17) is 5.26 Å². The molecule has 0 radical (unpaired) electrons. The van der Waals surface area contributed by atoms with Crippen LogP contribution in [-0.2, 0) is 4.74 Å². The largest absolute Gasteiger partial charge is 0.465 e. The summed E-state index contributed by atoms with van der Waals surface area (Å²) in [4.78, 5) is 12.0. The van der Waals surface area contributed by atoms with E-state index in [0.29, 0.717) is 11.1 Å². The Balaban J connectivity index is 3.19. The zero-order valence-corrected chi connectivity index (χ0v) is 8.72. The van der Waals surface area contributed by atoms with Gasteiger partial charge < -0.3 is 4.74 Å². The van der Waals surface area contributed by atoms with E-state index < -0.39 is 0 Å². The number of carbonyl (C=O) groups is 1. The predicted molar refractivity (Wildman–Crippen MR) is 54.3 cm³/mol. The number of hydrogen-bond acceptors (Lipinski definition) is 4. The first-order chi connectivity index (χ1) is 6.72. The highest BCUT2D eigenvalue weighted by molar-refractivity contribution is 7.98. The maximum absolute atomic E-state index is 11.3. The summed E-state index contributed by atoms with van der Waals surface area (Å²) in [6.07, 6.45) is 1.85. The fourth-order valence-electron chi connectivity index (χ4n) is 1.04. The quantitative estimate of drug-likeness (QED) is 0.550. The van der Waals surface area contributed by atoms with Crippen molar-refractivity contribution >= 4 is 17.7 Å². The molecular weight excluding hydrogens is 198 g/mol. The van der Waals surface area contributed by atoms with E-state index in [1.165, 1.54) is 18.9 Å². The van der Waals surface area contributed by atoms with Crippen LogP contribution >= 0.6 is 11.8 Å². The summed E-state index contributed by atoms with van der Waals surface area (Å²) in [7, 11) is 1.34. The second-order valence-corrected chi connectivity index (χ2v) is 3.37. The summed E-state index contributed by atoms with van der Waals surface area (Å²) in [6, 6.07) is 6.91. The second-order valence-electron chi connectivity index (χ2n) is 2.52. The summed E-state index contributed by atoms with van der Waals surface area (Å²) in [6.45, 7) is 0. The standard InChI is InChI=1S/C10H9NO2S/c1-13-10(12)8-4-3-7(6-11)5-9(8)14-2/h3-5H,1-2H3. The number of ether oxygens (including phenoxy) is 1. The van der Waals surface area contributed by atoms with E-state index in [1.54, 1.807) is 18.2 Å². The van der Waals surface area contributed by atoms with Crippen LogP contribution in [0.15, 0.2) is 23.1 Å². The summed E-state index contributed by atoms with van der Waals surface area (Å²) < 4.78 is 4.62. The molecule has 0 aliphatic rings. The van der Waals surface area contributed by atoms with Gasteiger partial charge in [0, 0.05) is 4.90 Å². The van der Waals surface area contributed by atoms with E-state index in [9.17, 15) is 4.79 Å². The monoisotopic (exact) mass is 207 g/mol. The fraction of sp³-hybridized carbons (Fsp3) is 0.200. The second kappa shape index (κ2) is 4.68. The molecule has 0 fully saturated rings. The first kappa shape index (κ1) is 10.6. The Bertz CT molecular complexity index is 396. The SMILES string of the molecule is COC(=O)c1ccc(C#N)cc1SC. The molecule has 4 heteroatoms. The van der Waals surface area contributed by atoms with Crippen molar-refractivity contribution in [1.29, 1.82) is 5.26 Å². The summed E-state index contributed by atoms with van der Waals surface area (Å²) >= 11 is 1.42. The van der Waals surface area contributed by atoms with E-state index in [1.807, 2.05) is 12.3 Å². The van der Waals surface area contributed by atoms with Gasteiger partial charge in [0.25, 0.3) is 0 Å². The molecule has 0 spiro atoms. The van der Waals surface area contributed by atoms with Gasteiger partial charge in [0.1, 0.15) is 0 Å². The van der Waals surface area contributed by atoms with Crippen LogP contribution in [0.1, 0.15) is 15.9 Å². The van der Waals surface area contributed by atoms with Crippen LogP contribution in [0.3, 0.4) is 0 Å². The van der Waals surface area contributed by atoms with Crippen molar-refractivity contribution < 1.29 is 9.53 Å². The molecule has 0 aromatic heterocycles. The van der Waals surface area contributed by atoms with Gasteiger partial charge in [-0.05, 0) is 24.5 Å². The smallest absolute Gasteiger partial charge is 0.338 e. The number of nitrogens with zero attached hydrogens (tertiary/aromatic N) is 1. The Hall–Kier alpha value is -1.47. The average Bonchev–Trinajstić information content (AvgIpc) is 2.27. The first-order valence-electron chi connectivity index (χ1n) is 3.89. The molecule has 3 nitrogen and oxygen atoms in total. The van der Waals surface area contributed by atoms with Crippen molar-refractivity contribution in [2.75, 3.05) is 13.4 Å². The lowest BCUT2D eigenvalue weighted by atomic mass is 10.1. The zero-order chi connectivity index (χ0) is 10.6. The number of benzene rings is 1. The summed E-state index contributed by atoms with van der Waals surface area (Å²) in [5.74, 6) is -0.376. The normalized spacial score (nSPS) is 9.21. The Morgan fingerprint density at radius 2 is 2.29 bits per heavy atom. The van der Waals surface area contributed by atoms with E-state index >= 15 is 0 Å². The minimum absolute atomic E-state index is 0.376. The van der Waals surface area contributed by atoms with Crippen molar-refractivity contribution in [3.05, 3.63) is 29.3 Å². The first-order valence-corrected chi connectivity index (χ1v) is 5.12. The third kappa shape index (κ3) is 2.06. The number of thioether (sulfide) groups is 1.